The molecule has 28 heavy (non-hydrogen) atoms. The summed E-state index contributed by atoms with van der Waals surface area (Å²) < 4.78 is 0. The molecule has 159 valence electrons. The Morgan fingerprint density at radius 1 is 1.14 bits per heavy atom. The van der Waals surface area contributed by atoms with Crippen LogP contribution in [0.4, 0.5) is 0 Å². The number of aliphatic hydroxyl groups excluding tert-OH is 2. The number of hydrogen-bond acceptors (Lipinski definition) is 3. The Balaban J connectivity index is 1.55. The van der Waals surface area contributed by atoms with Gasteiger partial charge in [-0.1, -0.05) is 20.8 Å². The van der Waals surface area contributed by atoms with Crippen molar-refractivity contribution in [3.05, 3.63) is 6.42 Å². The second kappa shape index (κ2) is 7.38. The fraction of sp³-hybridized carbons (Fsp3) is 0.920. The molecule has 4 rings (SSSR count). The van der Waals surface area contributed by atoms with Crippen LogP contribution >= 0.6 is 0 Å². The first-order chi connectivity index (χ1) is 13.2. The van der Waals surface area contributed by atoms with Crippen molar-refractivity contribution in [2.45, 2.75) is 97.7 Å². The lowest BCUT2D eigenvalue weighted by atomic mass is 9.43. The first-order valence-corrected chi connectivity index (χ1v) is 11.9. The molecule has 1 radical (unpaired) electrons. The number of carbonyl (C=O) groups excluding carboxylic acids is 1. The van der Waals surface area contributed by atoms with E-state index in [4.69, 9.17) is 0 Å². The molecule has 3 nitrogen and oxygen atoms in total. The molecule has 0 spiro atoms. The van der Waals surface area contributed by atoms with Gasteiger partial charge in [-0.15, -0.1) is 0 Å². The quantitative estimate of drug-likeness (QED) is 0.726. The van der Waals surface area contributed by atoms with Crippen molar-refractivity contribution in [1.82, 2.24) is 0 Å². The van der Waals surface area contributed by atoms with Gasteiger partial charge in [-0.05, 0) is 111 Å². The maximum atomic E-state index is 11.5. The van der Waals surface area contributed by atoms with E-state index in [0.717, 1.165) is 38.5 Å². The maximum Gasteiger partial charge on any atom is 0.129 e. The molecule has 10 atom stereocenters. The highest BCUT2D eigenvalue weighted by Crippen LogP contribution is 2.68. The third kappa shape index (κ3) is 3.20. The highest BCUT2D eigenvalue weighted by Gasteiger charge is 2.62. The van der Waals surface area contributed by atoms with Gasteiger partial charge in [-0.2, -0.15) is 0 Å². The summed E-state index contributed by atoms with van der Waals surface area (Å²) in [7, 11) is 0. The minimum atomic E-state index is -0.210. The van der Waals surface area contributed by atoms with Crippen LogP contribution in [0.15, 0.2) is 0 Å². The molecule has 4 aliphatic carbocycles. The highest BCUT2D eigenvalue weighted by atomic mass is 16.3. The van der Waals surface area contributed by atoms with Gasteiger partial charge in [0.25, 0.3) is 0 Å². The average Bonchev–Trinajstić information content (AvgIpc) is 2.98. The van der Waals surface area contributed by atoms with E-state index in [0.29, 0.717) is 47.7 Å². The fourth-order valence-corrected chi connectivity index (χ4v) is 8.46. The van der Waals surface area contributed by atoms with E-state index in [2.05, 4.69) is 27.2 Å². The number of fused-ring (bicyclic) bond motifs is 5. The van der Waals surface area contributed by atoms with E-state index < -0.39 is 0 Å². The standard InChI is InChI=1S/C25H41O3/c1-15(5-6-16(2)26)19-7-8-20-23-21(10-12-25(19,20)4)24(3)11-9-18(27)13-17(24)14-22(23)28/h12,15,17-23,27-28H,5-11,13-14H2,1-4H3/t15?,17?,18-,19?,20?,21?,22-,23?,24+,25-/m1/s1. The van der Waals surface area contributed by atoms with Gasteiger partial charge in [-0.25, -0.2) is 0 Å². The predicted octanol–water partition coefficient (Wildman–Crippen LogP) is 4.80. The molecule has 4 saturated carbocycles. The number of hydrogen-bond donors (Lipinski definition) is 2. The Hall–Kier alpha value is -0.410. The van der Waals surface area contributed by atoms with E-state index in [1.165, 1.54) is 12.8 Å². The average molecular weight is 390 g/mol. The fourth-order valence-electron chi connectivity index (χ4n) is 8.46. The van der Waals surface area contributed by atoms with Gasteiger partial charge in [-0.3, -0.25) is 0 Å². The van der Waals surface area contributed by atoms with Crippen molar-refractivity contribution in [1.29, 1.82) is 0 Å². The van der Waals surface area contributed by atoms with Gasteiger partial charge in [0.2, 0.25) is 0 Å². The zero-order chi connectivity index (χ0) is 20.3. The molecule has 0 bridgehead atoms. The molecule has 3 heteroatoms. The van der Waals surface area contributed by atoms with Gasteiger partial charge >= 0.3 is 0 Å². The SMILES string of the molecule is CC(=O)CCC(C)C1CCC2C3C(C[CH][C@]12C)[C@@]1(C)CC[C@@H](O)CC1C[C@H]3O. The molecule has 4 aliphatic rings. The van der Waals surface area contributed by atoms with Gasteiger partial charge in [0.1, 0.15) is 5.78 Å². The summed E-state index contributed by atoms with van der Waals surface area (Å²) in [6.07, 6.45) is 11.4. The second-order valence-electron chi connectivity index (χ2n) is 11.4. The molecule has 0 aromatic rings. The van der Waals surface area contributed by atoms with E-state index in [9.17, 15) is 15.0 Å². The van der Waals surface area contributed by atoms with Crippen molar-refractivity contribution >= 4 is 5.78 Å². The molecule has 6 unspecified atom stereocenters. The summed E-state index contributed by atoms with van der Waals surface area (Å²) in [5, 5.41) is 21.5. The largest absolute Gasteiger partial charge is 0.393 e. The van der Waals surface area contributed by atoms with E-state index in [1.54, 1.807) is 6.92 Å². The molecule has 0 aromatic heterocycles. The molecular weight excluding hydrogens is 348 g/mol. The summed E-state index contributed by atoms with van der Waals surface area (Å²) in [4.78, 5) is 11.5. The van der Waals surface area contributed by atoms with Crippen LogP contribution in [0, 0.1) is 52.8 Å². The van der Waals surface area contributed by atoms with Gasteiger partial charge < -0.3 is 15.0 Å². The van der Waals surface area contributed by atoms with Crippen molar-refractivity contribution in [2.24, 2.45) is 46.3 Å². The molecule has 4 fully saturated rings. The van der Waals surface area contributed by atoms with Crippen LogP contribution in [0.1, 0.15) is 85.5 Å². The van der Waals surface area contributed by atoms with E-state index >= 15 is 0 Å². The molecule has 0 aliphatic heterocycles. The lowest BCUT2D eigenvalue weighted by molar-refractivity contribution is -0.161. The molecule has 0 aromatic carbocycles. The minimum absolute atomic E-state index is 0.169. The van der Waals surface area contributed by atoms with Gasteiger partial charge in [0, 0.05) is 6.42 Å². The third-order valence-electron chi connectivity index (χ3n) is 10.1. The molecule has 2 N–H and O–H groups in total. The highest BCUT2D eigenvalue weighted by molar-refractivity contribution is 5.75. The van der Waals surface area contributed by atoms with Crippen LogP contribution in [-0.4, -0.2) is 28.2 Å². The van der Waals surface area contributed by atoms with Crippen molar-refractivity contribution < 1.29 is 15.0 Å². The summed E-state index contributed by atoms with van der Waals surface area (Å²) >= 11 is 0. The first kappa shape index (κ1) is 20.8. The van der Waals surface area contributed by atoms with E-state index in [1.807, 2.05) is 0 Å². The van der Waals surface area contributed by atoms with Gasteiger partial charge in [0.15, 0.2) is 0 Å². The van der Waals surface area contributed by atoms with Crippen LogP contribution in [0.5, 0.6) is 0 Å². The van der Waals surface area contributed by atoms with Crippen molar-refractivity contribution in [3.63, 3.8) is 0 Å². The normalized spacial score (nSPS) is 51.7. The Morgan fingerprint density at radius 3 is 2.61 bits per heavy atom. The van der Waals surface area contributed by atoms with Crippen LogP contribution in [0.3, 0.4) is 0 Å². The number of aliphatic hydroxyl groups is 2. The Bertz CT molecular complexity index is 603. The summed E-state index contributed by atoms with van der Waals surface area (Å²) in [6, 6.07) is 0. The second-order valence-corrected chi connectivity index (χ2v) is 11.4. The van der Waals surface area contributed by atoms with Crippen molar-refractivity contribution in [3.8, 4) is 0 Å². The lowest BCUT2D eigenvalue weighted by Gasteiger charge is -2.62. The van der Waals surface area contributed by atoms with Gasteiger partial charge in [0.05, 0.1) is 12.2 Å². The predicted molar refractivity (Wildman–Crippen MR) is 111 cm³/mol. The summed E-state index contributed by atoms with van der Waals surface area (Å²) in [5.74, 6) is 3.55. The van der Waals surface area contributed by atoms with Crippen LogP contribution < -0.4 is 0 Å². The monoisotopic (exact) mass is 389 g/mol. The van der Waals surface area contributed by atoms with Crippen LogP contribution in [0.2, 0.25) is 0 Å². The summed E-state index contributed by atoms with van der Waals surface area (Å²) in [5.41, 5.74) is 0.481. The van der Waals surface area contributed by atoms with E-state index in [-0.39, 0.29) is 23.0 Å². The minimum Gasteiger partial charge on any atom is -0.393 e. The zero-order valence-electron chi connectivity index (χ0n) is 18.4. The maximum absolute atomic E-state index is 11.5. The topological polar surface area (TPSA) is 57.5 Å². The number of rotatable bonds is 4. The van der Waals surface area contributed by atoms with Crippen LogP contribution in [0.25, 0.3) is 0 Å². The number of carbonyl (C=O) groups is 1. The summed E-state index contributed by atoms with van der Waals surface area (Å²) in [6.45, 7) is 8.98. The number of ketones is 1. The third-order valence-corrected chi connectivity index (χ3v) is 10.1. The van der Waals surface area contributed by atoms with Crippen LogP contribution in [-0.2, 0) is 4.79 Å². The molecule has 0 heterocycles. The molecular formula is C25H41O3. The zero-order valence-corrected chi connectivity index (χ0v) is 18.4. The first-order valence-electron chi connectivity index (χ1n) is 11.9. The Morgan fingerprint density at radius 2 is 1.89 bits per heavy atom. The Kier molecular flexibility index (Phi) is 5.49. The van der Waals surface area contributed by atoms with Crippen molar-refractivity contribution in [2.75, 3.05) is 0 Å². The molecule has 0 amide bonds. The molecule has 0 saturated heterocycles. The smallest absolute Gasteiger partial charge is 0.129 e. The Labute approximate surface area is 171 Å². The number of Topliss-reactive ketones (excluding diaryl/α,β-unsaturated/α-hetero) is 1. The lowest BCUT2D eigenvalue weighted by Crippen LogP contribution is -2.58.